The van der Waals surface area contributed by atoms with Crippen LogP contribution in [0.4, 0.5) is 22.0 Å². The molecule has 3 aromatic rings. The van der Waals surface area contributed by atoms with Crippen LogP contribution in [0.2, 0.25) is 5.02 Å². The van der Waals surface area contributed by atoms with E-state index >= 15 is 0 Å². The molecule has 2 aromatic carbocycles. The van der Waals surface area contributed by atoms with E-state index in [0.717, 1.165) is 6.07 Å². The van der Waals surface area contributed by atoms with Gasteiger partial charge in [0.1, 0.15) is 17.2 Å². The van der Waals surface area contributed by atoms with Crippen molar-refractivity contribution in [1.29, 1.82) is 0 Å². The number of aryl methyl sites for hydroxylation is 1. The summed E-state index contributed by atoms with van der Waals surface area (Å²) in [5.41, 5.74) is 0.138. The second kappa shape index (κ2) is 10.5. The number of rotatable bonds is 8. The van der Waals surface area contributed by atoms with Crippen LogP contribution in [0.1, 0.15) is 34.4 Å². The summed E-state index contributed by atoms with van der Waals surface area (Å²) < 4.78 is 81.6. The third-order valence-electron chi connectivity index (χ3n) is 4.73. The van der Waals surface area contributed by atoms with Crippen molar-refractivity contribution in [3.05, 3.63) is 69.1 Å². The Morgan fingerprint density at radius 2 is 1.85 bits per heavy atom. The highest BCUT2D eigenvalue weighted by molar-refractivity contribution is 7.06. The minimum absolute atomic E-state index is 0.0278. The van der Waals surface area contributed by atoms with E-state index in [1.54, 1.807) is 0 Å². The molecular formula is C22H17ClF5NO3S. The monoisotopic (exact) mass is 505 g/mol. The lowest BCUT2D eigenvalue weighted by Gasteiger charge is -2.14. The Bertz CT molecular complexity index is 1120. The normalized spacial score (nSPS) is 11.6. The molecule has 0 aliphatic carbocycles. The summed E-state index contributed by atoms with van der Waals surface area (Å²) in [5.74, 6) is -0.580. The van der Waals surface area contributed by atoms with Gasteiger partial charge < -0.3 is 9.47 Å². The number of hydrogen-bond acceptors (Lipinski definition) is 5. The second-order valence-corrected chi connectivity index (χ2v) is 8.08. The Morgan fingerprint density at radius 3 is 2.45 bits per heavy atom. The smallest absolute Gasteiger partial charge is 0.427 e. The molecule has 0 bridgehead atoms. The second-order valence-electron chi connectivity index (χ2n) is 6.87. The van der Waals surface area contributed by atoms with Crippen LogP contribution in [-0.4, -0.2) is 17.5 Å². The molecule has 33 heavy (non-hydrogen) atoms. The zero-order chi connectivity index (χ0) is 24.2. The van der Waals surface area contributed by atoms with E-state index in [4.69, 9.17) is 16.3 Å². The van der Waals surface area contributed by atoms with E-state index in [9.17, 15) is 26.7 Å². The molecule has 0 N–H and O–H groups in total. The van der Waals surface area contributed by atoms with E-state index in [1.807, 2.05) is 0 Å². The molecule has 0 fully saturated rings. The number of benzene rings is 2. The van der Waals surface area contributed by atoms with Gasteiger partial charge in [0.05, 0.1) is 12.8 Å². The minimum atomic E-state index is -4.66. The molecular weight excluding hydrogens is 489 g/mol. The van der Waals surface area contributed by atoms with Gasteiger partial charge in [-0.15, -0.1) is 0 Å². The topological polar surface area (TPSA) is 48.4 Å². The van der Waals surface area contributed by atoms with E-state index < -0.39 is 30.1 Å². The molecule has 0 amide bonds. The lowest BCUT2D eigenvalue weighted by molar-refractivity contribution is -0.140. The minimum Gasteiger partial charge on any atom is -0.489 e. The first-order chi connectivity index (χ1) is 15.6. The van der Waals surface area contributed by atoms with Crippen LogP contribution in [0.25, 0.3) is 11.3 Å². The molecule has 0 atom stereocenters. The van der Waals surface area contributed by atoms with Gasteiger partial charge in [-0.3, -0.25) is 4.79 Å². The van der Waals surface area contributed by atoms with E-state index in [2.05, 4.69) is 9.11 Å². The molecule has 4 nitrogen and oxygen atoms in total. The Kier molecular flexibility index (Phi) is 7.91. The average Bonchev–Trinajstić information content (AvgIpc) is 3.21. The first-order valence-corrected chi connectivity index (χ1v) is 10.7. The molecule has 11 heteroatoms. The highest BCUT2D eigenvalue weighted by Crippen LogP contribution is 2.40. The first kappa shape index (κ1) is 24.9. The predicted molar refractivity (Wildman–Crippen MR) is 114 cm³/mol. The van der Waals surface area contributed by atoms with Gasteiger partial charge >= 0.3 is 12.1 Å². The average molecular weight is 506 g/mol. The van der Waals surface area contributed by atoms with Gasteiger partial charge in [0.2, 0.25) is 0 Å². The molecule has 176 valence electrons. The van der Waals surface area contributed by atoms with Crippen LogP contribution in [0.15, 0.2) is 42.5 Å². The maximum absolute atomic E-state index is 13.5. The summed E-state index contributed by atoms with van der Waals surface area (Å²) in [5, 5.41) is 0.412. The standard InChI is InChI=1S/C22H17ClF5NO3S/c1-31-18(30)9-5-12-4-8-15(10-16(12)21(24)25)32-11-17-19(13-2-6-14(23)7-3-13)29-33-20(17)22(26,27)28/h2-4,6-8,10,21H,5,9,11H2,1H3. The van der Waals surface area contributed by atoms with Crippen molar-refractivity contribution in [3.63, 3.8) is 0 Å². The number of hydrogen-bond donors (Lipinski definition) is 0. The lowest BCUT2D eigenvalue weighted by Crippen LogP contribution is -2.09. The molecule has 0 aliphatic rings. The predicted octanol–water partition coefficient (Wildman–Crippen LogP) is 7.10. The Hall–Kier alpha value is -2.72. The summed E-state index contributed by atoms with van der Waals surface area (Å²) in [4.78, 5) is 10.4. The molecule has 0 saturated heterocycles. The summed E-state index contributed by atoms with van der Waals surface area (Å²) in [6.07, 6.45) is -7.58. The number of alkyl halides is 5. The molecule has 1 aromatic heterocycles. The Balaban J connectivity index is 1.88. The van der Waals surface area contributed by atoms with Gasteiger partial charge in [-0.2, -0.15) is 17.5 Å². The molecule has 0 spiro atoms. The van der Waals surface area contributed by atoms with Crippen molar-refractivity contribution in [2.75, 3.05) is 7.11 Å². The van der Waals surface area contributed by atoms with Crippen molar-refractivity contribution in [3.8, 4) is 17.0 Å². The molecule has 0 aliphatic heterocycles. The van der Waals surface area contributed by atoms with Crippen LogP contribution in [0, 0.1) is 0 Å². The number of carbonyl (C=O) groups is 1. The van der Waals surface area contributed by atoms with Crippen LogP contribution in [-0.2, 0) is 28.7 Å². The summed E-state index contributed by atoms with van der Waals surface area (Å²) >= 11 is 6.14. The van der Waals surface area contributed by atoms with Crippen molar-refractivity contribution >= 4 is 29.1 Å². The fourth-order valence-corrected chi connectivity index (χ4v) is 3.98. The Labute approximate surface area is 195 Å². The van der Waals surface area contributed by atoms with Gasteiger partial charge in [0.15, 0.2) is 0 Å². The number of carbonyl (C=O) groups excluding carboxylic acids is 1. The fraction of sp³-hybridized carbons (Fsp3) is 0.273. The third kappa shape index (κ3) is 6.20. The highest BCUT2D eigenvalue weighted by atomic mass is 35.5. The quantitative estimate of drug-likeness (QED) is 0.242. The van der Waals surface area contributed by atoms with Crippen molar-refractivity contribution in [1.82, 2.24) is 4.37 Å². The third-order valence-corrected chi connectivity index (χ3v) is 5.91. The van der Waals surface area contributed by atoms with Gasteiger partial charge in [-0.1, -0.05) is 29.8 Å². The number of methoxy groups -OCH3 is 1. The number of ether oxygens (including phenoxy) is 2. The van der Waals surface area contributed by atoms with Crippen molar-refractivity contribution in [2.24, 2.45) is 0 Å². The van der Waals surface area contributed by atoms with Gasteiger partial charge in [-0.25, -0.2) is 8.78 Å². The maximum Gasteiger partial charge on any atom is 0.427 e. The Morgan fingerprint density at radius 1 is 1.15 bits per heavy atom. The van der Waals surface area contributed by atoms with E-state index in [0.29, 0.717) is 10.6 Å². The maximum atomic E-state index is 13.5. The van der Waals surface area contributed by atoms with Crippen LogP contribution < -0.4 is 4.74 Å². The van der Waals surface area contributed by atoms with Gasteiger partial charge in [0.25, 0.3) is 6.43 Å². The SMILES string of the molecule is COC(=O)CCc1ccc(OCc2c(-c3ccc(Cl)cc3)nsc2C(F)(F)F)cc1C(F)F. The molecule has 0 saturated carbocycles. The number of aromatic nitrogens is 1. The van der Waals surface area contributed by atoms with Gasteiger partial charge in [-0.05, 0) is 47.8 Å². The first-order valence-electron chi connectivity index (χ1n) is 9.52. The highest BCUT2D eigenvalue weighted by Gasteiger charge is 2.38. The number of halogens is 6. The molecule has 3 rings (SSSR count). The van der Waals surface area contributed by atoms with E-state index in [1.165, 1.54) is 43.5 Å². The summed E-state index contributed by atoms with van der Waals surface area (Å²) in [7, 11) is 1.19. The van der Waals surface area contributed by atoms with Crippen molar-refractivity contribution in [2.45, 2.75) is 32.1 Å². The summed E-state index contributed by atoms with van der Waals surface area (Å²) in [6, 6.07) is 9.90. The number of nitrogens with zero attached hydrogens (tertiary/aromatic N) is 1. The zero-order valence-electron chi connectivity index (χ0n) is 17.1. The fourth-order valence-electron chi connectivity index (χ4n) is 3.09. The largest absolute Gasteiger partial charge is 0.489 e. The molecule has 0 unspecified atom stereocenters. The zero-order valence-corrected chi connectivity index (χ0v) is 18.7. The van der Waals surface area contributed by atoms with Crippen LogP contribution in [0.3, 0.4) is 0 Å². The lowest BCUT2D eigenvalue weighted by atomic mass is 10.0. The number of esters is 1. The van der Waals surface area contributed by atoms with E-state index in [-0.39, 0.29) is 52.5 Å². The van der Waals surface area contributed by atoms with Gasteiger partial charge in [0, 0.05) is 28.1 Å². The van der Waals surface area contributed by atoms with Crippen LogP contribution >= 0.6 is 23.1 Å². The molecule has 1 heterocycles. The van der Waals surface area contributed by atoms with Crippen molar-refractivity contribution < 1.29 is 36.2 Å². The van der Waals surface area contributed by atoms with Crippen LogP contribution in [0.5, 0.6) is 5.75 Å². The molecule has 0 radical (unpaired) electrons. The summed E-state index contributed by atoms with van der Waals surface area (Å²) in [6.45, 7) is -0.534.